The largest absolute Gasteiger partial charge is 0.345 e. The number of hydrogen-bond acceptors (Lipinski definition) is 5. The molecular weight excluding hydrogens is 424 g/mol. The van der Waals surface area contributed by atoms with Crippen LogP contribution in [-0.2, 0) is 6.54 Å². The highest BCUT2D eigenvalue weighted by Gasteiger charge is 2.25. The van der Waals surface area contributed by atoms with Crippen molar-refractivity contribution in [1.29, 1.82) is 0 Å². The van der Waals surface area contributed by atoms with Crippen molar-refractivity contribution in [2.45, 2.75) is 25.8 Å². The first-order chi connectivity index (χ1) is 13.2. The van der Waals surface area contributed by atoms with Crippen LogP contribution in [0, 0.1) is 0 Å². The molecule has 7 heteroatoms. The van der Waals surface area contributed by atoms with Crippen LogP contribution in [-0.4, -0.2) is 60.0 Å². The second-order valence-electron chi connectivity index (χ2n) is 7.22. The van der Waals surface area contributed by atoms with Crippen molar-refractivity contribution in [3.8, 4) is 0 Å². The van der Waals surface area contributed by atoms with Gasteiger partial charge in [0, 0.05) is 42.6 Å². The third-order valence-electron chi connectivity index (χ3n) is 5.32. The van der Waals surface area contributed by atoms with E-state index in [1.807, 2.05) is 29.2 Å². The lowest BCUT2D eigenvalue weighted by Gasteiger charge is -2.34. The highest BCUT2D eigenvalue weighted by Crippen LogP contribution is 2.25. The Morgan fingerprint density at radius 1 is 1.04 bits per heavy atom. The maximum atomic E-state index is 12.7. The number of anilines is 1. The molecule has 2 saturated heterocycles. The molecule has 1 aromatic carbocycles. The first kappa shape index (κ1) is 18.9. The normalized spacial score (nSPS) is 18.7. The number of aromatic nitrogens is 1. The third kappa shape index (κ3) is 4.52. The molecule has 1 aromatic heterocycles. The summed E-state index contributed by atoms with van der Waals surface area (Å²) in [7, 11) is 0. The zero-order valence-corrected chi connectivity index (χ0v) is 17.8. The SMILES string of the molecule is O=C(c1ccccc1Br)N1CCN(c2nc(CN3CCCCC3)cs2)CC1. The van der Waals surface area contributed by atoms with Gasteiger partial charge in [-0.25, -0.2) is 4.98 Å². The number of nitrogens with zero attached hydrogens (tertiary/aromatic N) is 4. The van der Waals surface area contributed by atoms with E-state index >= 15 is 0 Å². The van der Waals surface area contributed by atoms with Crippen molar-refractivity contribution in [2.75, 3.05) is 44.2 Å². The van der Waals surface area contributed by atoms with Gasteiger partial charge in [0.05, 0.1) is 11.3 Å². The minimum Gasteiger partial charge on any atom is -0.345 e. The monoisotopic (exact) mass is 448 g/mol. The van der Waals surface area contributed by atoms with E-state index < -0.39 is 0 Å². The lowest BCUT2D eigenvalue weighted by atomic mass is 10.1. The van der Waals surface area contributed by atoms with Crippen LogP contribution in [0.25, 0.3) is 0 Å². The van der Waals surface area contributed by atoms with Crippen LogP contribution in [0.15, 0.2) is 34.1 Å². The number of rotatable bonds is 4. The number of piperazine rings is 1. The minimum atomic E-state index is 0.104. The Morgan fingerprint density at radius 2 is 1.78 bits per heavy atom. The summed E-state index contributed by atoms with van der Waals surface area (Å²) in [5.74, 6) is 0.104. The topological polar surface area (TPSA) is 39.7 Å². The molecule has 0 unspecified atom stereocenters. The van der Waals surface area contributed by atoms with E-state index in [4.69, 9.17) is 4.98 Å². The fourth-order valence-corrected chi connectivity index (χ4v) is 5.09. The van der Waals surface area contributed by atoms with Gasteiger partial charge in [-0.2, -0.15) is 0 Å². The van der Waals surface area contributed by atoms with Crippen molar-refractivity contribution >= 4 is 38.3 Å². The minimum absolute atomic E-state index is 0.104. The fourth-order valence-electron chi connectivity index (χ4n) is 3.77. The molecule has 0 spiro atoms. The van der Waals surface area contributed by atoms with Gasteiger partial charge < -0.3 is 9.80 Å². The maximum absolute atomic E-state index is 12.7. The summed E-state index contributed by atoms with van der Waals surface area (Å²) in [5.41, 5.74) is 1.92. The summed E-state index contributed by atoms with van der Waals surface area (Å²) >= 11 is 5.22. The number of halogens is 1. The zero-order valence-electron chi connectivity index (χ0n) is 15.4. The second-order valence-corrected chi connectivity index (χ2v) is 8.91. The molecule has 4 rings (SSSR count). The van der Waals surface area contributed by atoms with Crippen LogP contribution in [0.2, 0.25) is 0 Å². The second kappa shape index (κ2) is 8.71. The van der Waals surface area contributed by atoms with Gasteiger partial charge in [-0.3, -0.25) is 9.69 Å². The average molecular weight is 449 g/mol. The first-order valence-corrected chi connectivity index (χ1v) is 11.3. The summed E-state index contributed by atoms with van der Waals surface area (Å²) in [5, 5.41) is 3.29. The smallest absolute Gasteiger partial charge is 0.255 e. The number of amides is 1. The number of likely N-dealkylation sites (tertiary alicyclic amines) is 1. The molecule has 2 aliphatic heterocycles. The van der Waals surface area contributed by atoms with E-state index in [0.717, 1.165) is 47.9 Å². The number of thiazole rings is 1. The highest BCUT2D eigenvalue weighted by molar-refractivity contribution is 9.10. The predicted molar refractivity (Wildman–Crippen MR) is 114 cm³/mol. The van der Waals surface area contributed by atoms with Gasteiger partial charge >= 0.3 is 0 Å². The van der Waals surface area contributed by atoms with E-state index in [1.165, 1.54) is 38.0 Å². The number of carbonyl (C=O) groups is 1. The van der Waals surface area contributed by atoms with Crippen LogP contribution >= 0.6 is 27.3 Å². The molecule has 0 N–H and O–H groups in total. The molecule has 144 valence electrons. The van der Waals surface area contributed by atoms with Gasteiger partial charge in [-0.1, -0.05) is 18.6 Å². The Labute approximate surface area is 173 Å². The van der Waals surface area contributed by atoms with Crippen LogP contribution in [0.5, 0.6) is 0 Å². The van der Waals surface area contributed by atoms with Crippen LogP contribution in [0.4, 0.5) is 5.13 Å². The number of carbonyl (C=O) groups excluding carboxylic acids is 1. The highest BCUT2D eigenvalue weighted by atomic mass is 79.9. The van der Waals surface area contributed by atoms with E-state index in [2.05, 4.69) is 31.1 Å². The van der Waals surface area contributed by atoms with Crippen LogP contribution < -0.4 is 4.90 Å². The summed E-state index contributed by atoms with van der Waals surface area (Å²) in [6, 6.07) is 7.64. The molecule has 0 radical (unpaired) electrons. The molecule has 2 aromatic rings. The van der Waals surface area contributed by atoms with E-state index in [0.29, 0.717) is 0 Å². The summed E-state index contributed by atoms with van der Waals surface area (Å²) in [6.07, 6.45) is 3.98. The number of hydrogen-bond donors (Lipinski definition) is 0. The van der Waals surface area contributed by atoms with Gasteiger partial charge in [-0.05, 0) is 54.0 Å². The number of piperidine rings is 1. The van der Waals surface area contributed by atoms with Crippen molar-refractivity contribution in [1.82, 2.24) is 14.8 Å². The van der Waals surface area contributed by atoms with Crippen molar-refractivity contribution in [2.24, 2.45) is 0 Å². The Kier molecular flexibility index (Phi) is 6.10. The molecule has 5 nitrogen and oxygen atoms in total. The molecule has 2 aliphatic rings. The molecule has 3 heterocycles. The molecule has 0 bridgehead atoms. The molecule has 0 atom stereocenters. The van der Waals surface area contributed by atoms with Crippen molar-refractivity contribution in [3.63, 3.8) is 0 Å². The quantitative estimate of drug-likeness (QED) is 0.711. The standard InChI is InChI=1S/C20H25BrN4OS/c21-18-7-3-2-6-17(18)19(26)24-10-12-25(13-11-24)20-22-16(15-27-20)14-23-8-4-1-5-9-23/h2-3,6-7,15H,1,4-5,8-14H2. The molecular formula is C20H25BrN4OS. The summed E-state index contributed by atoms with van der Waals surface area (Å²) in [6.45, 7) is 6.52. The van der Waals surface area contributed by atoms with Gasteiger partial charge in [-0.15, -0.1) is 11.3 Å². The third-order valence-corrected chi connectivity index (χ3v) is 6.96. The van der Waals surface area contributed by atoms with Gasteiger partial charge in [0.2, 0.25) is 0 Å². The Hall–Kier alpha value is -1.44. The zero-order chi connectivity index (χ0) is 18.6. The van der Waals surface area contributed by atoms with Crippen molar-refractivity contribution < 1.29 is 4.79 Å². The van der Waals surface area contributed by atoms with Crippen LogP contribution in [0.1, 0.15) is 35.3 Å². The molecule has 0 aliphatic carbocycles. The van der Waals surface area contributed by atoms with E-state index in [-0.39, 0.29) is 5.91 Å². The predicted octanol–water partition coefficient (Wildman–Crippen LogP) is 3.85. The Balaban J connectivity index is 1.33. The number of benzene rings is 1. The maximum Gasteiger partial charge on any atom is 0.255 e. The van der Waals surface area contributed by atoms with Crippen molar-refractivity contribution in [3.05, 3.63) is 45.4 Å². The van der Waals surface area contributed by atoms with Gasteiger partial charge in [0.25, 0.3) is 5.91 Å². The Morgan fingerprint density at radius 3 is 2.52 bits per heavy atom. The van der Waals surface area contributed by atoms with Gasteiger partial charge in [0.15, 0.2) is 5.13 Å². The lowest BCUT2D eigenvalue weighted by molar-refractivity contribution is 0.0746. The lowest BCUT2D eigenvalue weighted by Crippen LogP contribution is -2.48. The van der Waals surface area contributed by atoms with Crippen LogP contribution in [0.3, 0.4) is 0 Å². The molecule has 27 heavy (non-hydrogen) atoms. The summed E-state index contributed by atoms with van der Waals surface area (Å²) < 4.78 is 0.861. The average Bonchev–Trinajstić information content (AvgIpc) is 3.17. The van der Waals surface area contributed by atoms with Gasteiger partial charge in [0.1, 0.15) is 0 Å². The molecule has 1 amide bonds. The van der Waals surface area contributed by atoms with E-state index in [1.54, 1.807) is 11.3 Å². The Bertz CT molecular complexity index is 782. The summed E-state index contributed by atoms with van der Waals surface area (Å²) in [4.78, 5) is 24.4. The first-order valence-electron chi connectivity index (χ1n) is 9.66. The fraction of sp³-hybridized carbons (Fsp3) is 0.500. The van der Waals surface area contributed by atoms with E-state index in [9.17, 15) is 4.79 Å². The molecule has 0 saturated carbocycles. The molecule has 2 fully saturated rings.